The minimum atomic E-state index is -0.957. The predicted octanol–water partition coefficient (Wildman–Crippen LogP) is 3.14. The van der Waals surface area contributed by atoms with E-state index in [2.05, 4.69) is 23.6 Å². The van der Waals surface area contributed by atoms with E-state index in [-0.39, 0.29) is 11.4 Å². The monoisotopic (exact) mass is 364 g/mol. The van der Waals surface area contributed by atoms with Crippen molar-refractivity contribution in [3.8, 4) is 5.75 Å². The summed E-state index contributed by atoms with van der Waals surface area (Å²) in [5.74, 6) is 0.853. The van der Waals surface area contributed by atoms with Crippen LogP contribution in [0.5, 0.6) is 5.75 Å². The molecule has 3 rings (SSSR count). The highest BCUT2D eigenvalue weighted by molar-refractivity contribution is 7.85. The maximum Gasteiger partial charge on any atom is 0.124 e. The number of likely N-dealkylation sites (tertiary alicyclic amines) is 2. The zero-order valence-electron chi connectivity index (χ0n) is 16.0. The molecule has 0 aromatic heterocycles. The van der Waals surface area contributed by atoms with Crippen LogP contribution in [0, 0.1) is 0 Å². The lowest BCUT2D eigenvalue weighted by atomic mass is 9.98. The van der Waals surface area contributed by atoms with E-state index in [0.717, 1.165) is 29.8 Å². The molecule has 2 fully saturated rings. The summed E-state index contributed by atoms with van der Waals surface area (Å²) in [5, 5.41) is 0.131. The van der Waals surface area contributed by atoms with E-state index in [4.69, 9.17) is 4.74 Å². The molecule has 5 heteroatoms. The molecule has 1 aromatic rings. The normalized spacial score (nSPS) is 22.3. The summed E-state index contributed by atoms with van der Waals surface area (Å²) >= 11 is 0. The number of hydrogen-bond acceptors (Lipinski definition) is 4. The van der Waals surface area contributed by atoms with Crippen LogP contribution in [0.3, 0.4) is 0 Å². The summed E-state index contributed by atoms with van der Waals surface area (Å²) in [5.41, 5.74) is 0. The third-order valence-corrected chi connectivity index (χ3v) is 6.97. The summed E-state index contributed by atoms with van der Waals surface area (Å²) in [4.78, 5) is 6.01. The highest BCUT2D eigenvalue weighted by atomic mass is 32.2. The van der Waals surface area contributed by atoms with Crippen molar-refractivity contribution < 1.29 is 8.95 Å². The van der Waals surface area contributed by atoms with Gasteiger partial charge in [0.15, 0.2) is 0 Å². The van der Waals surface area contributed by atoms with Crippen LogP contribution in [0.15, 0.2) is 29.2 Å². The predicted molar refractivity (Wildman–Crippen MR) is 104 cm³/mol. The Morgan fingerprint density at radius 3 is 2.40 bits per heavy atom. The van der Waals surface area contributed by atoms with Crippen LogP contribution in [-0.2, 0) is 10.8 Å². The Morgan fingerprint density at radius 1 is 1.12 bits per heavy atom. The van der Waals surface area contributed by atoms with Crippen LogP contribution in [-0.4, -0.2) is 63.6 Å². The molecular formula is C20H32N2O2S. The Balaban J connectivity index is 1.46. The number of nitrogens with zero attached hydrogens (tertiary/aromatic N) is 2. The third-order valence-electron chi connectivity index (χ3n) is 5.39. The Labute approximate surface area is 155 Å². The van der Waals surface area contributed by atoms with E-state index in [0.29, 0.717) is 6.04 Å². The smallest absolute Gasteiger partial charge is 0.124 e. The minimum absolute atomic E-state index is 0.131. The Kier molecular flexibility index (Phi) is 6.18. The van der Waals surface area contributed by atoms with Gasteiger partial charge in [0.2, 0.25) is 0 Å². The zero-order chi connectivity index (χ0) is 18.0. The van der Waals surface area contributed by atoms with Crippen LogP contribution in [0.25, 0.3) is 0 Å². The topological polar surface area (TPSA) is 32.8 Å². The van der Waals surface area contributed by atoms with Gasteiger partial charge in [0.1, 0.15) is 11.9 Å². The van der Waals surface area contributed by atoms with Gasteiger partial charge < -0.3 is 9.64 Å². The number of hydrogen-bond donors (Lipinski definition) is 0. The molecule has 0 spiro atoms. The van der Waals surface area contributed by atoms with E-state index in [1.165, 1.54) is 25.9 Å². The maximum absolute atomic E-state index is 12.2. The summed E-state index contributed by atoms with van der Waals surface area (Å²) in [6.07, 6.45) is 2.81. The van der Waals surface area contributed by atoms with Gasteiger partial charge in [0.25, 0.3) is 0 Å². The summed E-state index contributed by atoms with van der Waals surface area (Å²) in [6.45, 7) is 13.0. The van der Waals surface area contributed by atoms with Gasteiger partial charge in [-0.1, -0.05) is 19.9 Å². The summed E-state index contributed by atoms with van der Waals surface area (Å²) in [6, 6.07) is 9.18. The third kappa shape index (κ3) is 4.63. The van der Waals surface area contributed by atoms with Crippen molar-refractivity contribution in [3.63, 3.8) is 0 Å². The lowest BCUT2D eigenvalue weighted by Gasteiger charge is -2.47. The van der Waals surface area contributed by atoms with Crippen molar-refractivity contribution in [2.75, 3.05) is 26.2 Å². The van der Waals surface area contributed by atoms with Gasteiger partial charge in [-0.15, -0.1) is 0 Å². The molecule has 1 atom stereocenters. The highest BCUT2D eigenvalue weighted by Crippen LogP contribution is 2.26. The van der Waals surface area contributed by atoms with Crippen molar-refractivity contribution in [2.45, 2.75) is 68.9 Å². The Hall–Kier alpha value is -0.910. The first-order valence-electron chi connectivity index (χ1n) is 9.59. The molecule has 0 radical (unpaired) electrons. The van der Waals surface area contributed by atoms with Gasteiger partial charge in [0, 0.05) is 35.3 Å². The molecule has 2 aliphatic rings. The molecule has 0 aliphatic carbocycles. The van der Waals surface area contributed by atoms with Crippen molar-refractivity contribution in [3.05, 3.63) is 24.3 Å². The molecule has 0 bridgehead atoms. The molecule has 0 saturated carbocycles. The largest absolute Gasteiger partial charge is 0.488 e. The van der Waals surface area contributed by atoms with Crippen molar-refractivity contribution in [2.24, 2.45) is 0 Å². The van der Waals surface area contributed by atoms with Gasteiger partial charge in [-0.05, 0) is 58.0 Å². The van der Waals surface area contributed by atoms with Crippen molar-refractivity contribution in [1.82, 2.24) is 9.80 Å². The molecule has 2 heterocycles. The van der Waals surface area contributed by atoms with Gasteiger partial charge in [-0.25, -0.2) is 0 Å². The average Bonchev–Trinajstić information content (AvgIpc) is 2.57. The molecular weight excluding hydrogens is 332 g/mol. The van der Waals surface area contributed by atoms with Gasteiger partial charge in [-0.3, -0.25) is 9.11 Å². The Morgan fingerprint density at radius 2 is 1.80 bits per heavy atom. The number of benzene rings is 1. The fourth-order valence-corrected chi connectivity index (χ4v) is 4.74. The second kappa shape index (κ2) is 8.19. The van der Waals surface area contributed by atoms with E-state index in [9.17, 15) is 4.21 Å². The number of ether oxygens (including phenoxy) is 1. The lowest BCUT2D eigenvalue weighted by molar-refractivity contribution is -0.0290. The zero-order valence-corrected chi connectivity index (χ0v) is 16.8. The molecule has 2 aliphatic heterocycles. The number of piperidine rings is 1. The first kappa shape index (κ1) is 18.9. The van der Waals surface area contributed by atoms with Gasteiger partial charge in [0.05, 0.1) is 10.8 Å². The van der Waals surface area contributed by atoms with Crippen LogP contribution in [0.2, 0.25) is 0 Å². The van der Waals surface area contributed by atoms with Gasteiger partial charge in [-0.2, -0.15) is 0 Å². The summed E-state index contributed by atoms with van der Waals surface area (Å²) in [7, 11) is -0.957. The highest BCUT2D eigenvalue weighted by Gasteiger charge is 2.35. The standard InChI is InChI=1S/C20H32N2O2S/c1-15(2)21-10-8-17(9-11-21)22-13-19(14-22)24-18-6-5-7-20(12-18)25(23)16(3)4/h5-7,12,15-17,19H,8-11,13-14H2,1-4H3. The van der Waals surface area contributed by atoms with Crippen molar-refractivity contribution >= 4 is 10.8 Å². The van der Waals surface area contributed by atoms with Crippen LogP contribution < -0.4 is 4.74 Å². The fourth-order valence-electron chi connectivity index (χ4n) is 3.75. The van der Waals surface area contributed by atoms with Crippen LogP contribution in [0.4, 0.5) is 0 Å². The molecule has 2 saturated heterocycles. The van der Waals surface area contributed by atoms with E-state index >= 15 is 0 Å². The SMILES string of the molecule is CC(C)N1CCC(N2CC(Oc3cccc(S(=O)C(C)C)c3)C2)CC1. The molecule has 4 nitrogen and oxygen atoms in total. The number of rotatable bonds is 6. The second-order valence-corrected chi connectivity index (χ2v) is 9.88. The minimum Gasteiger partial charge on any atom is -0.488 e. The van der Waals surface area contributed by atoms with Crippen LogP contribution in [0.1, 0.15) is 40.5 Å². The Bertz CT molecular complexity index is 591. The maximum atomic E-state index is 12.2. The van der Waals surface area contributed by atoms with Crippen LogP contribution >= 0.6 is 0 Å². The molecule has 140 valence electrons. The quantitative estimate of drug-likeness (QED) is 0.776. The second-order valence-electron chi connectivity index (χ2n) is 7.88. The lowest BCUT2D eigenvalue weighted by Crippen LogP contribution is -2.60. The van der Waals surface area contributed by atoms with E-state index < -0.39 is 10.8 Å². The first-order chi connectivity index (χ1) is 11.9. The molecule has 0 amide bonds. The molecule has 1 unspecified atom stereocenters. The molecule has 25 heavy (non-hydrogen) atoms. The van der Waals surface area contributed by atoms with Gasteiger partial charge >= 0.3 is 0 Å². The summed E-state index contributed by atoms with van der Waals surface area (Å²) < 4.78 is 18.4. The first-order valence-corrected chi connectivity index (χ1v) is 10.8. The van der Waals surface area contributed by atoms with Crippen molar-refractivity contribution in [1.29, 1.82) is 0 Å². The molecule has 1 aromatic carbocycles. The average molecular weight is 365 g/mol. The molecule has 0 N–H and O–H groups in total. The van der Waals surface area contributed by atoms with E-state index in [1.54, 1.807) is 0 Å². The van der Waals surface area contributed by atoms with E-state index in [1.807, 2.05) is 38.1 Å². The fraction of sp³-hybridized carbons (Fsp3) is 0.700.